The zero-order valence-corrected chi connectivity index (χ0v) is 8.87. The lowest BCUT2D eigenvalue weighted by Gasteiger charge is -2.14. The fourth-order valence-corrected chi connectivity index (χ4v) is 1.47. The normalized spacial score (nSPS) is 12.4. The maximum atomic E-state index is 13.0. The van der Waals surface area contributed by atoms with E-state index in [1.165, 1.54) is 18.2 Å². The molecule has 1 heterocycles. The molecule has 1 atom stereocenters. The van der Waals surface area contributed by atoms with E-state index in [0.29, 0.717) is 11.4 Å². The number of rotatable bonds is 3. The summed E-state index contributed by atoms with van der Waals surface area (Å²) in [6.07, 6.45) is 3.41. The highest BCUT2D eigenvalue weighted by molar-refractivity contribution is 5.66. The molecule has 0 aliphatic heterocycles. The number of nitrogens with two attached hydrogens (primary N) is 1. The molecule has 0 radical (unpaired) electrons. The van der Waals surface area contributed by atoms with Crippen LogP contribution in [0.15, 0.2) is 30.6 Å². The number of imidazole rings is 1. The summed E-state index contributed by atoms with van der Waals surface area (Å²) in [7, 11) is 0. The van der Waals surface area contributed by atoms with E-state index in [2.05, 4.69) is 15.3 Å². The van der Waals surface area contributed by atoms with Crippen LogP contribution in [0.2, 0.25) is 0 Å². The molecule has 1 aromatic carbocycles. The van der Waals surface area contributed by atoms with Crippen molar-refractivity contribution in [3.63, 3.8) is 0 Å². The fraction of sp³-hybridized carbons (Fsp3) is 0.182. The Balaban J connectivity index is 2.17. The van der Waals surface area contributed by atoms with Crippen molar-refractivity contribution in [3.8, 4) is 0 Å². The number of aromatic amines is 1. The van der Waals surface area contributed by atoms with Crippen LogP contribution in [0.3, 0.4) is 0 Å². The molecule has 0 aliphatic carbocycles. The summed E-state index contributed by atoms with van der Waals surface area (Å²) in [6, 6.07) is 4.18. The van der Waals surface area contributed by atoms with Crippen LogP contribution in [-0.4, -0.2) is 9.97 Å². The number of aromatic nitrogens is 2. The van der Waals surface area contributed by atoms with Gasteiger partial charge in [-0.1, -0.05) is 0 Å². The zero-order valence-electron chi connectivity index (χ0n) is 8.87. The molecule has 2 rings (SSSR count). The minimum atomic E-state index is -0.316. The molecular formula is C11H13FN4. The average Bonchev–Trinajstić information content (AvgIpc) is 2.76. The summed E-state index contributed by atoms with van der Waals surface area (Å²) >= 11 is 0. The third-order valence-corrected chi connectivity index (χ3v) is 2.32. The lowest BCUT2D eigenvalue weighted by Crippen LogP contribution is -2.10. The van der Waals surface area contributed by atoms with E-state index in [1.807, 2.05) is 6.92 Å². The molecule has 5 heteroatoms. The molecule has 0 amide bonds. The smallest absolute Gasteiger partial charge is 0.128 e. The predicted molar refractivity (Wildman–Crippen MR) is 61.4 cm³/mol. The second kappa shape index (κ2) is 4.22. The second-order valence-corrected chi connectivity index (χ2v) is 3.57. The van der Waals surface area contributed by atoms with Gasteiger partial charge >= 0.3 is 0 Å². The molecule has 1 aromatic heterocycles. The molecular weight excluding hydrogens is 207 g/mol. The summed E-state index contributed by atoms with van der Waals surface area (Å²) in [5.74, 6) is 0.465. The van der Waals surface area contributed by atoms with Gasteiger partial charge in [-0.3, -0.25) is 0 Å². The second-order valence-electron chi connectivity index (χ2n) is 3.57. The fourth-order valence-electron chi connectivity index (χ4n) is 1.47. The number of nitrogens with zero attached hydrogens (tertiary/aromatic N) is 1. The van der Waals surface area contributed by atoms with E-state index >= 15 is 0 Å². The molecule has 4 nitrogen and oxygen atoms in total. The number of anilines is 2. The Kier molecular flexibility index (Phi) is 2.76. The molecule has 0 bridgehead atoms. The molecule has 0 spiro atoms. The maximum Gasteiger partial charge on any atom is 0.128 e. The number of hydrogen-bond acceptors (Lipinski definition) is 3. The number of nitrogens with one attached hydrogen (secondary N) is 2. The van der Waals surface area contributed by atoms with E-state index in [1.54, 1.807) is 12.4 Å². The van der Waals surface area contributed by atoms with Crippen molar-refractivity contribution in [2.75, 3.05) is 11.1 Å². The van der Waals surface area contributed by atoms with Gasteiger partial charge in [0.25, 0.3) is 0 Å². The Labute approximate surface area is 92.7 Å². The van der Waals surface area contributed by atoms with Crippen molar-refractivity contribution in [2.24, 2.45) is 0 Å². The van der Waals surface area contributed by atoms with Crippen molar-refractivity contribution >= 4 is 11.4 Å². The van der Waals surface area contributed by atoms with Gasteiger partial charge in [0.2, 0.25) is 0 Å². The number of hydrogen-bond donors (Lipinski definition) is 3. The number of halogens is 1. The van der Waals surface area contributed by atoms with Crippen LogP contribution >= 0.6 is 0 Å². The minimum Gasteiger partial charge on any atom is -0.397 e. The molecule has 0 fully saturated rings. The van der Waals surface area contributed by atoms with E-state index in [4.69, 9.17) is 5.73 Å². The van der Waals surface area contributed by atoms with Crippen molar-refractivity contribution in [1.29, 1.82) is 0 Å². The first-order valence-electron chi connectivity index (χ1n) is 4.97. The third-order valence-electron chi connectivity index (χ3n) is 2.32. The lowest BCUT2D eigenvalue weighted by atomic mass is 10.2. The quantitative estimate of drug-likeness (QED) is 0.695. The van der Waals surface area contributed by atoms with Crippen LogP contribution in [-0.2, 0) is 0 Å². The molecule has 1 unspecified atom stereocenters. The van der Waals surface area contributed by atoms with Crippen LogP contribution in [0, 0.1) is 5.82 Å². The van der Waals surface area contributed by atoms with Gasteiger partial charge in [-0.25, -0.2) is 9.37 Å². The Morgan fingerprint density at radius 3 is 3.00 bits per heavy atom. The summed E-state index contributed by atoms with van der Waals surface area (Å²) in [4.78, 5) is 7.09. The monoisotopic (exact) mass is 220 g/mol. The van der Waals surface area contributed by atoms with E-state index in [9.17, 15) is 4.39 Å². The minimum absolute atomic E-state index is 0.0564. The summed E-state index contributed by atoms with van der Waals surface area (Å²) < 4.78 is 13.0. The Hall–Kier alpha value is -2.04. The van der Waals surface area contributed by atoms with Crippen molar-refractivity contribution in [2.45, 2.75) is 13.0 Å². The van der Waals surface area contributed by atoms with Crippen molar-refractivity contribution in [3.05, 3.63) is 42.2 Å². The topological polar surface area (TPSA) is 66.7 Å². The van der Waals surface area contributed by atoms with Crippen LogP contribution in [0.1, 0.15) is 18.8 Å². The molecule has 16 heavy (non-hydrogen) atoms. The standard InChI is InChI=1S/C11H13FN4/c1-7(11-14-4-5-15-11)16-10-6-8(12)2-3-9(10)13/h2-7,16H,13H2,1H3,(H,14,15). The summed E-state index contributed by atoms with van der Waals surface area (Å²) in [5.41, 5.74) is 6.82. The average molecular weight is 220 g/mol. The van der Waals surface area contributed by atoms with E-state index < -0.39 is 0 Å². The lowest BCUT2D eigenvalue weighted by molar-refractivity contribution is 0.628. The van der Waals surface area contributed by atoms with Gasteiger partial charge in [-0.05, 0) is 25.1 Å². The maximum absolute atomic E-state index is 13.0. The van der Waals surface area contributed by atoms with Gasteiger partial charge in [0.1, 0.15) is 11.6 Å². The van der Waals surface area contributed by atoms with E-state index in [-0.39, 0.29) is 11.9 Å². The summed E-state index contributed by atoms with van der Waals surface area (Å²) in [6.45, 7) is 1.92. The van der Waals surface area contributed by atoms with Gasteiger partial charge in [0.15, 0.2) is 0 Å². The summed E-state index contributed by atoms with van der Waals surface area (Å²) in [5, 5.41) is 3.09. The van der Waals surface area contributed by atoms with Crippen molar-refractivity contribution in [1.82, 2.24) is 9.97 Å². The number of benzene rings is 1. The number of H-pyrrole nitrogens is 1. The highest BCUT2D eigenvalue weighted by Crippen LogP contribution is 2.23. The SMILES string of the molecule is CC(Nc1cc(F)ccc1N)c1ncc[nH]1. The molecule has 84 valence electrons. The van der Waals surface area contributed by atoms with Crippen molar-refractivity contribution < 1.29 is 4.39 Å². The van der Waals surface area contributed by atoms with Gasteiger partial charge in [0.05, 0.1) is 17.4 Å². The van der Waals surface area contributed by atoms with E-state index in [0.717, 1.165) is 5.82 Å². The molecule has 2 aromatic rings. The highest BCUT2D eigenvalue weighted by Gasteiger charge is 2.09. The first kappa shape index (κ1) is 10.5. The highest BCUT2D eigenvalue weighted by atomic mass is 19.1. The molecule has 4 N–H and O–H groups in total. The van der Waals surface area contributed by atoms with Crippen LogP contribution in [0.25, 0.3) is 0 Å². The number of nitrogen functional groups attached to an aromatic ring is 1. The first-order chi connectivity index (χ1) is 7.66. The van der Waals surface area contributed by atoms with Gasteiger partial charge in [0, 0.05) is 12.4 Å². The van der Waals surface area contributed by atoms with Gasteiger partial charge in [-0.15, -0.1) is 0 Å². The van der Waals surface area contributed by atoms with Gasteiger partial charge in [-0.2, -0.15) is 0 Å². The molecule has 0 saturated carbocycles. The third kappa shape index (κ3) is 2.13. The van der Waals surface area contributed by atoms with Crippen LogP contribution in [0.5, 0.6) is 0 Å². The first-order valence-corrected chi connectivity index (χ1v) is 4.97. The predicted octanol–water partition coefficient (Wildman–Crippen LogP) is 2.30. The Bertz CT molecular complexity index is 467. The molecule has 0 aliphatic rings. The zero-order chi connectivity index (χ0) is 11.5. The van der Waals surface area contributed by atoms with Crippen LogP contribution < -0.4 is 11.1 Å². The Morgan fingerprint density at radius 2 is 2.31 bits per heavy atom. The molecule has 0 saturated heterocycles. The van der Waals surface area contributed by atoms with Crippen LogP contribution in [0.4, 0.5) is 15.8 Å². The largest absolute Gasteiger partial charge is 0.397 e. The Morgan fingerprint density at radius 1 is 1.50 bits per heavy atom. The van der Waals surface area contributed by atoms with Gasteiger partial charge < -0.3 is 16.0 Å².